The van der Waals surface area contributed by atoms with Crippen molar-refractivity contribution in [2.75, 3.05) is 39.5 Å². The number of fused-ring (bicyclic) bond motifs is 3. The first-order valence-corrected chi connectivity index (χ1v) is 14.9. The molecule has 4 aliphatic rings. The van der Waals surface area contributed by atoms with Crippen molar-refractivity contribution in [1.29, 1.82) is 0 Å². The molecular weight excluding hydrogens is 492 g/mol. The summed E-state index contributed by atoms with van der Waals surface area (Å²) >= 11 is 0. The number of nitrogens with one attached hydrogen (secondary N) is 1. The molecular formula is C32H44N2O5. The molecule has 0 saturated carbocycles. The van der Waals surface area contributed by atoms with Crippen LogP contribution in [0, 0.1) is 5.92 Å². The van der Waals surface area contributed by atoms with Crippen LogP contribution >= 0.6 is 0 Å². The van der Waals surface area contributed by atoms with E-state index < -0.39 is 0 Å². The Morgan fingerprint density at radius 3 is 2.36 bits per heavy atom. The number of carbonyl (C=O) groups excluding carboxylic acids is 1. The fourth-order valence-electron chi connectivity index (χ4n) is 6.01. The smallest absolute Gasteiger partial charge is 0.408 e. The van der Waals surface area contributed by atoms with Crippen molar-refractivity contribution < 1.29 is 23.7 Å². The van der Waals surface area contributed by atoms with Gasteiger partial charge in [-0.2, -0.15) is 0 Å². The van der Waals surface area contributed by atoms with Crippen LogP contribution in [0.4, 0.5) is 4.79 Å². The first kappa shape index (κ1) is 27.9. The highest BCUT2D eigenvalue weighted by molar-refractivity contribution is 5.69. The van der Waals surface area contributed by atoms with E-state index in [1.807, 2.05) is 54.6 Å². The molecule has 2 aromatic rings. The third kappa shape index (κ3) is 8.44. The molecule has 7 nitrogen and oxygen atoms in total. The number of unbranched alkanes of at least 4 members (excludes halogenated alkanes) is 5. The monoisotopic (exact) mass is 536 g/mol. The molecule has 0 aliphatic carbocycles. The van der Waals surface area contributed by atoms with E-state index in [9.17, 15) is 4.79 Å². The Balaban J connectivity index is 1.08. The third-order valence-corrected chi connectivity index (χ3v) is 8.23. The molecule has 4 saturated heterocycles. The maximum atomic E-state index is 13.0. The third-order valence-electron chi connectivity index (χ3n) is 8.23. The molecule has 1 unspecified atom stereocenters. The minimum Gasteiger partial charge on any atom is -0.494 e. The Hall–Kier alpha value is -2.61. The number of carbonyl (C=O) groups is 1. The Morgan fingerprint density at radius 1 is 0.897 bits per heavy atom. The van der Waals surface area contributed by atoms with Gasteiger partial charge in [0.2, 0.25) is 0 Å². The summed E-state index contributed by atoms with van der Waals surface area (Å²) in [5.41, 5.74) is 2.01. The molecule has 1 N–H and O–H groups in total. The molecule has 4 heterocycles. The number of benzene rings is 2. The molecule has 2 bridgehead atoms. The van der Waals surface area contributed by atoms with Gasteiger partial charge in [0.15, 0.2) is 6.29 Å². The van der Waals surface area contributed by atoms with E-state index >= 15 is 0 Å². The minimum absolute atomic E-state index is 0.0195. The van der Waals surface area contributed by atoms with E-state index in [1.54, 1.807) is 0 Å². The van der Waals surface area contributed by atoms with Crippen LogP contribution in [0.25, 0.3) is 0 Å². The number of amides is 1. The lowest BCUT2D eigenvalue weighted by atomic mass is 9.86. The average molecular weight is 537 g/mol. The number of hydrogen-bond acceptors (Lipinski definition) is 6. The number of ether oxygens (including phenoxy) is 4. The van der Waals surface area contributed by atoms with E-state index in [4.69, 9.17) is 18.9 Å². The Bertz CT molecular complexity index is 1000. The number of hydrogen-bond donors (Lipinski definition) is 1. The predicted octanol–water partition coefficient (Wildman–Crippen LogP) is 6.08. The normalized spacial score (nSPS) is 23.4. The van der Waals surface area contributed by atoms with Gasteiger partial charge in [-0.15, -0.1) is 0 Å². The second kappa shape index (κ2) is 14.7. The highest BCUT2D eigenvalue weighted by Gasteiger charge is 2.36. The topological polar surface area (TPSA) is 69.3 Å². The summed E-state index contributed by atoms with van der Waals surface area (Å²) in [5, 5.41) is 3.15. The zero-order chi connectivity index (χ0) is 26.7. The molecule has 212 valence electrons. The summed E-state index contributed by atoms with van der Waals surface area (Å²) in [6.45, 7) is 5.27. The first-order valence-electron chi connectivity index (χ1n) is 14.9. The molecule has 4 aliphatic heterocycles. The quantitative estimate of drug-likeness (QED) is 0.295. The van der Waals surface area contributed by atoms with Crippen molar-refractivity contribution in [3.05, 3.63) is 65.7 Å². The Kier molecular flexibility index (Phi) is 10.5. The van der Waals surface area contributed by atoms with Crippen LogP contribution in [0.15, 0.2) is 54.6 Å². The van der Waals surface area contributed by atoms with Gasteiger partial charge in [-0.3, -0.25) is 4.90 Å². The Labute approximate surface area is 233 Å². The van der Waals surface area contributed by atoms with Crippen molar-refractivity contribution in [1.82, 2.24) is 10.2 Å². The van der Waals surface area contributed by atoms with Crippen molar-refractivity contribution in [3.8, 4) is 5.75 Å². The van der Waals surface area contributed by atoms with Crippen LogP contribution in [0.5, 0.6) is 5.75 Å². The van der Waals surface area contributed by atoms with Crippen LogP contribution in [-0.2, 0) is 14.2 Å². The van der Waals surface area contributed by atoms with Crippen LogP contribution in [-0.4, -0.2) is 62.8 Å². The summed E-state index contributed by atoms with van der Waals surface area (Å²) < 4.78 is 23.0. The van der Waals surface area contributed by atoms with E-state index in [2.05, 4.69) is 10.2 Å². The minimum atomic E-state index is -0.350. The summed E-state index contributed by atoms with van der Waals surface area (Å²) in [7, 11) is 0. The molecule has 2 aromatic carbocycles. The van der Waals surface area contributed by atoms with Gasteiger partial charge in [0.05, 0.1) is 25.9 Å². The van der Waals surface area contributed by atoms with Crippen molar-refractivity contribution in [2.24, 2.45) is 5.92 Å². The zero-order valence-corrected chi connectivity index (χ0v) is 23.1. The second-order valence-corrected chi connectivity index (χ2v) is 11.1. The van der Waals surface area contributed by atoms with E-state index in [-0.39, 0.29) is 24.5 Å². The van der Waals surface area contributed by atoms with E-state index in [0.29, 0.717) is 12.5 Å². The fraction of sp³-hybridized carbons (Fsp3) is 0.594. The molecule has 4 fully saturated rings. The van der Waals surface area contributed by atoms with Gasteiger partial charge in [-0.05, 0) is 74.4 Å². The summed E-state index contributed by atoms with van der Waals surface area (Å²) in [6, 6.07) is 17.8. The van der Waals surface area contributed by atoms with Gasteiger partial charge in [0.25, 0.3) is 0 Å². The first-order chi connectivity index (χ1) is 19.2. The van der Waals surface area contributed by atoms with Crippen molar-refractivity contribution >= 4 is 6.09 Å². The van der Waals surface area contributed by atoms with E-state index in [0.717, 1.165) is 88.2 Å². The SMILES string of the molecule is O=C(NC(c1ccccc1)c1cccc(OCCCCCCCCC2OCCO2)c1)O[C@H]1CN2CCC1CC2. The number of rotatable bonds is 14. The molecule has 7 heteroatoms. The van der Waals surface area contributed by atoms with Crippen LogP contribution < -0.4 is 10.1 Å². The average Bonchev–Trinajstić information content (AvgIpc) is 3.50. The fourth-order valence-corrected chi connectivity index (χ4v) is 6.01. The van der Waals surface area contributed by atoms with E-state index in [1.165, 1.54) is 19.3 Å². The van der Waals surface area contributed by atoms with Gasteiger partial charge in [-0.25, -0.2) is 4.79 Å². The Morgan fingerprint density at radius 2 is 1.62 bits per heavy atom. The molecule has 6 rings (SSSR count). The maximum absolute atomic E-state index is 13.0. The number of nitrogens with zero attached hydrogens (tertiary/aromatic N) is 1. The standard InChI is InChI=1S/C32H44N2O5/c35-32(39-29-24-34-18-16-25(29)17-19-34)33-31(26-11-6-5-7-12-26)27-13-10-14-28(23-27)36-20-9-4-2-1-3-8-15-30-37-21-22-38-30/h5-7,10-14,23,25,29-31H,1-4,8-9,15-22,24H2,(H,33,35)/t29-,31?/m0/s1. The van der Waals surface area contributed by atoms with Gasteiger partial charge < -0.3 is 24.3 Å². The predicted molar refractivity (Wildman–Crippen MR) is 151 cm³/mol. The molecule has 0 radical (unpaired) electrons. The molecule has 39 heavy (non-hydrogen) atoms. The highest BCUT2D eigenvalue weighted by atomic mass is 16.7. The highest BCUT2D eigenvalue weighted by Crippen LogP contribution is 2.30. The summed E-state index contributed by atoms with van der Waals surface area (Å²) in [6.07, 6.45) is 9.94. The molecule has 2 atom stereocenters. The number of piperidine rings is 3. The molecule has 0 aromatic heterocycles. The lowest BCUT2D eigenvalue weighted by molar-refractivity contribution is -0.0480. The van der Waals surface area contributed by atoms with Gasteiger partial charge >= 0.3 is 6.09 Å². The second-order valence-electron chi connectivity index (χ2n) is 11.1. The van der Waals surface area contributed by atoms with Crippen molar-refractivity contribution in [2.45, 2.75) is 76.2 Å². The lowest BCUT2D eigenvalue weighted by Crippen LogP contribution is -2.52. The van der Waals surface area contributed by atoms with Gasteiger partial charge in [-0.1, -0.05) is 68.1 Å². The number of alkyl carbamates (subject to hydrolysis) is 1. The lowest BCUT2D eigenvalue weighted by Gasteiger charge is -2.43. The van der Waals surface area contributed by atoms with Crippen LogP contribution in [0.1, 0.15) is 75.0 Å². The van der Waals surface area contributed by atoms with Gasteiger partial charge in [0, 0.05) is 6.54 Å². The van der Waals surface area contributed by atoms with Crippen molar-refractivity contribution in [3.63, 3.8) is 0 Å². The van der Waals surface area contributed by atoms with Gasteiger partial charge in [0.1, 0.15) is 11.9 Å². The molecule has 1 amide bonds. The van der Waals surface area contributed by atoms with Crippen LogP contribution in [0.2, 0.25) is 0 Å². The summed E-state index contributed by atoms with van der Waals surface area (Å²) in [4.78, 5) is 15.4. The largest absolute Gasteiger partial charge is 0.494 e. The molecule has 0 spiro atoms. The van der Waals surface area contributed by atoms with Crippen LogP contribution in [0.3, 0.4) is 0 Å². The maximum Gasteiger partial charge on any atom is 0.408 e. The summed E-state index contributed by atoms with van der Waals surface area (Å²) in [5.74, 6) is 1.31. The zero-order valence-electron chi connectivity index (χ0n) is 23.1.